The van der Waals surface area contributed by atoms with E-state index in [0.29, 0.717) is 17.4 Å². The molecule has 1 fully saturated rings. The lowest BCUT2D eigenvalue weighted by Gasteiger charge is -2.26. The fraction of sp³-hybridized carbons (Fsp3) is 0.500. The van der Waals surface area contributed by atoms with Gasteiger partial charge in [0, 0.05) is 18.3 Å². The number of rotatable bonds is 5. The smallest absolute Gasteiger partial charge is 0.240 e. The van der Waals surface area contributed by atoms with Crippen LogP contribution < -0.4 is 15.8 Å². The van der Waals surface area contributed by atoms with E-state index in [1.54, 1.807) is 12.1 Å². The lowest BCUT2D eigenvalue weighted by atomic mass is 10.2. The van der Waals surface area contributed by atoms with Gasteiger partial charge in [0.1, 0.15) is 4.90 Å². The van der Waals surface area contributed by atoms with Crippen molar-refractivity contribution in [1.29, 1.82) is 0 Å². The predicted octanol–water partition coefficient (Wildman–Crippen LogP) is 1.30. The number of benzene rings is 1. The summed E-state index contributed by atoms with van der Waals surface area (Å²) in [6.07, 6.45) is 3.17. The molecule has 0 heterocycles. The summed E-state index contributed by atoms with van der Waals surface area (Å²) in [6.45, 7) is 2.90. The third-order valence-corrected chi connectivity index (χ3v) is 3.99. The average Bonchev–Trinajstić information content (AvgIpc) is 3.09. The van der Waals surface area contributed by atoms with Crippen molar-refractivity contribution in [1.82, 2.24) is 0 Å². The van der Waals surface area contributed by atoms with Gasteiger partial charge >= 0.3 is 0 Å². The number of anilines is 2. The molecule has 0 amide bonds. The Kier molecular flexibility index (Phi) is 3.49. The SMILES string of the molecule is CCCN(c1ccc(N)cc1S(N)(=O)=O)C1CC1. The van der Waals surface area contributed by atoms with E-state index in [0.717, 1.165) is 25.8 Å². The van der Waals surface area contributed by atoms with Gasteiger partial charge in [-0.1, -0.05) is 6.92 Å². The predicted molar refractivity (Wildman–Crippen MR) is 72.9 cm³/mol. The van der Waals surface area contributed by atoms with Crippen molar-refractivity contribution in [3.8, 4) is 0 Å². The van der Waals surface area contributed by atoms with Crippen LogP contribution in [0.25, 0.3) is 0 Å². The minimum Gasteiger partial charge on any atom is -0.399 e. The summed E-state index contributed by atoms with van der Waals surface area (Å²) in [5, 5.41) is 5.27. The van der Waals surface area contributed by atoms with Crippen molar-refractivity contribution in [3.63, 3.8) is 0 Å². The zero-order valence-corrected chi connectivity index (χ0v) is 11.3. The molecule has 6 heteroatoms. The summed E-state index contributed by atoms with van der Waals surface area (Å²) in [5.74, 6) is 0. The largest absolute Gasteiger partial charge is 0.399 e. The van der Waals surface area contributed by atoms with Crippen LogP contribution in [0.5, 0.6) is 0 Å². The van der Waals surface area contributed by atoms with Crippen LogP contribution >= 0.6 is 0 Å². The number of nitrogen functional groups attached to an aromatic ring is 1. The topological polar surface area (TPSA) is 89.4 Å². The molecule has 0 aliphatic heterocycles. The molecule has 1 aromatic rings. The molecular weight excluding hydrogens is 250 g/mol. The minimum atomic E-state index is -3.75. The number of hydrogen-bond acceptors (Lipinski definition) is 4. The average molecular weight is 269 g/mol. The Hall–Kier alpha value is -1.27. The maximum Gasteiger partial charge on any atom is 0.240 e. The molecule has 18 heavy (non-hydrogen) atoms. The summed E-state index contributed by atoms with van der Waals surface area (Å²) < 4.78 is 23.3. The first-order chi connectivity index (χ1) is 8.43. The normalized spacial score (nSPS) is 15.7. The van der Waals surface area contributed by atoms with E-state index in [9.17, 15) is 8.42 Å². The molecule has 0 aromatic heterocycles. The van der Waals surface area contributed by atoms with Crippen LogP contribution in [0.4, 0.5) is 11.4 Å². The molecule has 0 bridgehead atoms. The summed E-state index contributed by atoms with van der Waals surface area (Å²) in [4.78, 5) is 2.25. The standard InChI is InChI=1S/C12H19N3O2S/c1-2-7-15(10-4-5-10)11-6-3-9(13)8-12(11)18(14,16)17/h3,6,8,10H,2,4-5,7,13H2,1H3,(H2,14,16,17). The Bertz CT molecular complexity index is 538. The fourth-order valence-corrected chi connectivity index (χ4v) is 2.90. The second-order valence-corrected chi connectivity index (χ2v) is 6.23. The molecule has 0 radical (unpaired) electrons. The van der Waals surface area contributed by atoms with E-state index in [4.69, 9.17) is 10.9 Å². The highest BCUT2D eigenvalue weighted by Gasteiger charge is 2.31. The van der Waals surface area contributed by atoms with Crippen molar-refractivity contribution in [2.45, 2.75) is 37.1 Å². The fourth-order valence-electron chi connectivity index (χ4n) is 2.12. The first kappa shape index (κ1) is 13.2. The van der Waals surface area contributed by atoms with Gasteiger partial charge in [-0.05, 0) is 37.5 Å². The summed E-state index contributed by atoms with van der Waals surface area (Å²) >= 11 is 0. The summed E-state index contributed by atoms with van der Waals surface area (Å²) in [5.41, 5.74) is 6.74. The number of sulfonamides is 1. The van der Waals surface area contributed by atoms with E-state index in [1.807, 2.05) is 0 Å². The van der Waals surface area contributed by atoms with Crippen molar-refractivity contribution in [3.05, 3.63) is 18.2 Å². The Labute approximate surface area is 108 Å². The van der Waals surface area contributed by atoms with Crippen molar-refractivity contribution < 1.29 is 8.42 Å². The van der Waals surface area contributed by atoms with E-state index >= 15 is 0 Å². The van der Waals surface area contributed by atoms with E-state index in [-0.39, 0.29) is 4.90 Å². The maximum atomic E-state index is 11.7. The molecule has 100 valence electrons. The highest BCUT2D eigenvalue weighted by Crippen LogP contribution is 2.35. The van der Waals surface area contributed by atoms with Crippen LogP contribution in [-0.4, -0.2) is 21.0 Å². The van der Waals surface area contributed by atoms with Crippen LogP contribution in [0, 0.1) is 0 Å². The lowest BCUT2D eigenvalue weighted by molar-refractivity contribution is 0.597. The van der Waals surface area contributed by atoms with E-state index < -0.39 is 10.0 Å². The van der Waals surface area contributed by atoms with Crippen LogP contribution in [0.3, 0.4) is 0 Å². The molecule has 0 atom stereocenters. The summed E-state index contributed by atoms with van der Waals surface area (Å²) in [7, 11) is -3.75. The van der Waals surface area contributed by atoms with Crippen molar-refractivity contribution in [2.24, 2.45) is 5.14 Å². The second-order valence-electron chi connectivity index (χ2n) is 4.70. The van der Waals surface area contributed by atoms with Gasteiger partial charge in [-0.25, -0.2) is 13.6 Å². The van der Waals surface area contributed by atoms with Gasteiger partial charge in [0.25, 0.3) is 0 Å². The first-order valence-electron chi connectivity index (χ1n) is 6.12. The molecular formula is C12H19N3O2S. The van der Waals surface area contributed by atoms with Gasteiger partial charge in [0.15, 0.2) is 0 Å². The highest BCUT2D eigenvalue weighted by atomic mass is 32.2. The Balaban J connectivity index is 2.48. The Morgan fingerprint density at radius 3 is 2.56 bits per heavy atom. The number of primary sulfonamides is 1. The van der Waals surface area contributed by atoms with Gasteiger partial charge in [0.2, 0.25) is 10.0 Å². The molecule has 1 aromatic carbocycles. The van der Waals surface area contributed by atoms with Crippen LogP contribution in [-0.2, 0) is 10.0 Å². The minimum absolute atomic E-state index is 0.128. The molecule has 0 saturated heterocycles. The molecule has 1 aliphatic rings. The highest BCUT2D eigenvalue weighted by molar-refractivity contribution is 7.89. The number of nitrogens with two attached hydrogens (primary N) is 2. The zero-order chi connectivity index (χ0) is 13.3. The van der Waals surface area contributed by atoms with E-state index in [1.165, 1.54) is 6.07 Å². The second kappa shape index (κ2) is 4.78. The molecule has 5 nitrogen and oxygen atoms in total. The van der Waals surface area contributed by atoms with Gasteiger partial charge < -0.3 is 10.6 Å². The quantitative estimate of drug-likeness (QED) is 0.788. The van der Waals surface area contributed by atoms with Crippen LogP contribution in [0.2, 0.25) is 0 Å². The monoisotopic (exact) mass is 269 g/mol. The lowest BCUT2D eigenvalue weighted by Crippen LogP contribution is -2.29. The summed E-state index contributed by atoms with van der Waals surface area (Å²) in [6, 6.07) is 5.35. The van der Waals surface area contributed by atoms with Crippen molar-refractivity contribution >= 4 is 21.4 Å². The van der Waals surface area contributed by atoms with Gasteiger partial charge in [-0.3, -0.25) is 0 Å². The van der Waals surface area contributed by atoms with Gasteiger partial charge in [-0.2, -0.15) is 0 Å². The molecule has 0 spiro atoms. The first-order valence-corrected chi connectivity index (χ1v) is 7.67. The Morgan fingerprint density at radius 2 is 2.06 bits per heavy atom. The van der Waals surface area contributed by atoms with Crippen molar-refractivity contribution in [2.75, 3.05) is 17.2 Å². The molecule has 4 N–H and O–H groups in total. The van der Waals surface area contributed by atoms with Gasteiger partial charge in [0.05, 0.1) is 5.69 Å². The third kappa shape index (κ3) is 2.76. The van der Waals surface area contributed by atoms with Crippen LogP contribution in [0.1, 0.15) is 26.2 Å². The molecule has 0 unspecified atom stereocenters. The number of nitrogens with zero attached hydrogens (tertiary/aromatic N) is 1. The molecule has 1 saturated carbocycles. The zero-order valence-electron chi connectivity index (χ0n) is 10.5. The molecule has 2 rings (SSSR count). The maximum absolute atomic E-state index is 11.7. The van der Waals surface area contributed by atoms with Gasteiger partial charge in [-0.15, -0.1) is 0 Å². The van der Waals surface area contributed by atoms with Crippen LogP contribution in [0.15, 0.2) is 23.1 Å². The van der Waals surface area contributed by atoms with E-state index in [2.05, 4.69) is 11.8 Å². The Morgan fingerprint density at radius 1 is 1.39 bits per heavy atom. The number of hydrogen-bond donors (Lipinski definition) is 2. The third-order valence-electron chi connectivity index (χ3n) is 3.05. The molecule has 1 aliphatic carbocycles.